The van der Waals surface area contributed by atoms with Crippen molar-refractivity contribution in [3.05, 3.63) is 34.6 Å². The average molecular weight is 247 g/mol. The lowest BCUT2D eigenvalue weighted by Gasteiger charge is -2.18. The number of aliphatic hydroxyl groups excluding tert-OH is 1. The molecule has 2 unspecified atom stereocenters. The molecule has 2 atom stereocenters. The summed E-state index contributed by atoms with van der Waals surface area (Å²) in [6.07, 6.45) is -1.18. The molecule has 0 bridgehead atoms. The zero-order valence-corrected chi connectivity index (χ0v) is 9.41. The highest BCUT2D eigenvalue weighted by atomic mass is 35.5. The summed E-state index contributed by atoms with van der Waals surface area (Å²) in [5, 5.41) is 18.5. The van der Waals surface area contributed by atoms with Gasteiger partial charge in [0.1, 0.15) is 5.82 Å². The monoisotopic (exact) mass is 246 g/mol. The van der Waals surface area contributed by atoms with Crippen molar-refractivity contribution in [1.82, 2.24) is 0 Å². The number of benzene rings is 1. The van der Waals surface area contributed by atoms with Gasteiger partial charge in [-0.1, -0.05) is 30.7 Å². The number of aliphatic hydroxyl groups is 1. The van der Waals surface area contributed by atoms with Gasteiger partial charge < -0.3 is 10.2 Å². The summed E-state index contributed by atoms with van der Waals surface area (Å²) >= 11 is 5.55. The molecule has 0 amide bonds. The predicted octanol–water partition coefficient (Wildman–Crippen LogP) is 2.62. The van der Waals surface area contributed by atoms with E-state index in [0.717, 1.165) is 0 Å². The van der Waals surface area contributed by atoms with Crippen LogP contribution >= 0.6 is 11.6 Å². The van der Waals surface area contributed by atoms with Gasteiger partial charge in [-0.3, -0.25) is 4.79 Å². The molecule has 0 heterocycles. The molecular weight excluding hydrogens is 235 g/mol. The molecule has 0 aliphatic rings. The van der Waals surface area contributed by atoms with Gasteiger partial charge in [-0.2, -0.15) is 0 Å². The lowest BCUT2D eigenvalue weighted by Crippen LogP contribution is -2.22. The molecule has 1 rings (SSSR count). The SMILES string of the molecule is CCC(C(=O)O)C(O)c1cccc(Cl)c1F. The molecule has 0 aliphatic carbocycles. The zero-order valence-electron chi connectivity index (χ0n) is 8.65. The van der Waals surface area contributed by atoms with Crippen molar-refractivity contribution in [3.63, 3.8) is 0 Å². The molecular formula is C11H12ClFO3. The summed E-state index contributed by atoms with van der Waals surface area (Å²) in [4.78, 5) is 10.8. The Hall–Kier alpha value is -1.13. The number of carboxylic acid groups (broad SMARTS) is 1. The van der Waals surface area contributed by atoms with E-state index in [1.54, 1.807) is 6.92 Å². The maximum atomic E-state index is 13.5. The molecule has 0 fully saturated rings. The smallest absolute Gasteiger partial charge is 0.309 e. The minimum Gasteiger partial charge on any atom is -0.481 e. The maximum absolute atomic E-state index is 13.5. The van der Waals surface area contributed by atoms with Crippen LogP contribution in [0, 0.1) is 11.7 Å². The molecule has 0 aliphatic heterocycles. The second-order valence-electron chi connectivity index (χ2n) is 3.44. The fraction of sp³-hybridized carbons (Fsp3) is 0.364. The molecule has 5 heteroatoms. The van der Waals surface area contributed by atoms with Gasteiger partial charge in [0.15, 0.2) is 0 Å². The van der Waals surface area contributed by atoms with E-state index in [1.807, 2.05) is 0 Å². The number of carboxylic acids is 1. The molecule has 3 nitrogen and oxygen atoms in total. The quantitative estimate of drug-likeness (QED) is 0.859. The van der Waals surface area contributed by atoms with Gasteiger partial charge in [-0.05, 0) is 12.5 Å². The largest absolute Gasteiger partial charge is 0.481 e. The van der Waals surface area contributed by atoms with Crippen molar-refractivity contribution in [2.75, 3.05) is 0 Å². The van der Waals surface area contributed by atoms with Gasteiger partial charge >= 0.3 is 5.97 Å². The van der Waals surface area contributed by atoms with Crippen LogP contribution in [-0.4, -0.2) is 16.2 Å². The summed E-state index contributed by atoms with van der Waals surface area (Å²) in [5.41, 5.74) is -0.0817. The third-order valence-corrected chi connectivity index (χ3v) is 2.73. The lowest BCUT2D eigenvalue weighted by atomic mass is 9.93. The first-order valence-corrected chi connectivity index (χ1v) is 5.21. The molecule has 0 aromatic heterocycles. The Labute approximate surface area is 97.5 Å². The molecule has 2 N–H and O–H groups in total. The predicted molar refractivity (Wildman–Crippen MR) is 57.8 cm³/mol. The van der Waals surface area contributed by atoms with Gasteiger partial charge in [-0.15, -0.1) is 0 Å². The summed E-state index contributed by atoms with van der Waals surface area (Å²) in [6.45, 7) is 1.62. The first kappa shape index (κ1) is 12.9. The van der Waals surface area contributed by atoms with Crippen LogP contribution in [-0.2, 0) is 4.79 Å². The highest BCUT2D eigenvalue weighted by molar-refractivity contribution is 6.30. The fourth-order valence-electron chi connectivity index (χ4n) is 1.50. The normalized spacial score (nSPS) is 14.5. The summed E-state index contributed by atoms with van der Waals surface area (Å²) in [6, 6.07) is 4.14. The van der Waals surface area contributed by atoms with Gasteiger partial charge in [0.2, 0.25) is 0 Å². The third-order valence-electron chi connectivity index (χ3n) is 2.44. The summed E-state index contributed by atoms with van der Waals surface area (Å²) in [7, 11) is 0. The Bertz CT molecular complexity index is 395. The second-order valence-corrected chi connectivity index (χ2v) is 3.85. The van der Waals surface area contributed by atoms with Gasteiger partial charge in [0.05, 0.1) is 17.0 Å². The molecule has 0 saturated heterocycles. The number of halogens is 2. The summed E-state index contributed by atoms with van der Waals surface area (Å²) < 4.78 is 13.5. The van der Waals surface area contributed by atoms with Crippen molar-refractivity contribution in [3.8, 4) is 0 Å². The van der Waals surface area contributed by atoms with Crippen LogP contribution in [0.25, 0.3) is 0 Å². The van der Waals surface area contributed by atoms with E-state index in [9.17, 15) is 14.3 Å². The second kappa shape index (κ2) is 5.27. The van der Waals surface area contributed by atoms with Crippen molar-refractivity contribution < 1.29 is 19.4 Å². The van der Waals surface area contributed by atoms with E-state index in [-0.39, 0.29) is 17.0 Å². The van der Waals surface area contributed by atoms with Crippen LogP contribution in [0.5, 0.6) is 0 Å². The Kier molecular flexibility index (Phi) is 4.26. The molecule has 16 heavy (non-hydrogen) atoms. The number of hydrogen-bond acceptors (Lipinski definition) is 2. The summed E-state index contributed by atoms with van der Waals surface area (Å²) in [5.74, 6) is -2.96. The average Bonchev–Trinajstić information content (AvgIpc) is 2.22. The van der Waals surface area contributed by atoms with Gasteiger partial charge in [0.25, 0.3) is 0 Å². The minimum atomic E-state index is -1.39. The standard InChI is InChI=1S/C11H12ClFO3/c1-2-6(11(15)16)10(14)7-4-3-5-8(12)9(7)13/h3-6,10,14H,2H2,1H3,(H,15,16). The molecule has 88 valence electrons. The number of aliphatic carboxylic acids is 1. The van der Waals surface area contributed by atoms with Crippen molar-refractivity contribution in [1.29, 1.82) is 0 Å². The fourth-order valence-corrected chi connectivity index (χ4v) is 1.68. The Balaban J connectivity index is 3.08. The van der Waals surface area contributed by atoms with Crippen molar-refractivity contribution in [2.45, 2.75) is 19.4 Å². The van der Waals surface area contributed by atoms with E-state index >= 15 is 0 Å². The third kappa shape index (κ3) is 2.51. The van der Waals surface area contributed by atoms with Gasteiger partial charge in [0, 0.05) is 5.56 Å². The molecule has 1 aromatic carbocycles. The number of hydrogen-bond donors (Lipinski definition) is 2. The van der Waals surface area contributed by atoms with Crippen LogP contribution in [0.2, 0.25) is 5.02 Å². The van der Waals surface area contributed by atoms with Crippen LogP contribution in [0.3, 0.4) is 0 Å². The van der Waals surface area contributed by atoms with E-state index in [4.69, 9.17) is 16.7 Å². The van der Waals surface area contributed by atoms with E-state index in [1.165, 1.54) is 18.2 Å². The van der Waals surface area contributed by atoms with Crippen LogP contribution in [0.15, 0.2) is 18.2 Å². The first-order valence-electron chi connectivity index (χ1n) is 4.83. The van der Waals surface area contributed by atoms with Crippen molar-refractivity contribution >= 4 is 17.6 Å². The van der Waals surface area contributed by atoms with Gasteiger partial charge in [-0.25, -0.2) is 4.39 Å². The van der Waals surface area contributed by atoms with Crippen LogP contribution < -0.4 is 0 Å². The molecule has 0 radical (unpaired) electrons. The Morgan fingerprint density at radius 2 is 2.19 bits per heavy atom. The van der Waals surface area contributed by atoms with Crippen LogP contribution in [0.4, 0.5) is 4.39 Å². The highest BCUT2D eigenvalue weighted by Gasteiger charge is 2.28. The molecule has 0 spiro atoms. The topological polar surface area (TPSA) is 57.5 Å². The maximum Gasteiger partial charge on any atom is 0.309 e. The van der Waals surface area contributed by atoms with Crippen LogP contribution in [0.1, 0.15) is 25.0 Å². The molecule has 0 saturated carbocycles. The zero-order chi connectivity index (χ0) is 12.3. The van der Waals surface area contributed by atoms with E-state index in [0.29, 0.717) is 0 Å². The van der Waals surface area contributed by atoms with E-state index in [2.05, 4.69) is 0 Å². The van der Waals surface area contributed by atoms with Crippen molar-refractivity contribution in [2.24, 2.45) is 5.92 Å². The number of carbonyl (C=O) groups is 1. The Morgan fingerprint density at radius 1 is 1.56 bits per heavy atom. The molecule has 1 aromatic rings. The van der Waals surface area contributed by atoms with E-state index < -0.39 is 23.8 Å². The Morgan fingerprint density at radius 3 is 2.69 bits per heavy atom. The highest BCUT2D eigenvalue weighted by Crippen LogP contribution is 2.29. The number of rotatable bonds is 4. The minimum absolute atomic E-state index is 0.0817. The lowest BCUT2D eigenvalue weighted by molar-refractivity contribution is -0.146. The first-order chi connectivity index (χ1) is 7.49.